The molecule has 0 aromatic heterocycles. The Morgan fingerprint density at radius 3 is 2.64 bits per heavy atom. The van der Waals surface area contributed by atoms with Gasteiger partial charge in [0.05, 0.1) is 12.2 Å². The fourth-order valence-electron chi connectivity index (χ4n) is 3.33. The highest BCUT2D eigenvalue weighted by molar-refractivity contribution is 5.94. The molecule has 1 aliphatic rings. The summed E-state index contributed by atoms with van der Waals surface area (Å²) in [6.07, 6.45) is 2.11. The lowest BCUT2D eigenvalue weighted by molar-refractivity contribution is 0.0946. The van der Waals surface area contributed by atoms with Gasteiger partial charge in [0.15, 0.2) is 0 Å². The van der Waals surface area contributed by atoms with Gasteiger partial charge in [0.1, 0.15) is 5.82 Å². The molecular formula is C20H23FN2O2. The molecule has 5 heteroatoms. The van der Waals surface area contributed by atoms with E-state index in [1.807, 2.05) is 24.3 Å². The van der Waals surface area contributed by atoms with E-state index in [0.717, 1.165) is 37.1 Å². The molecule has 0 saturated carbocycles. The Kier molecular flexibility index (Phi) is 5.79. The number of hydrogen-bond acceptors (Lipinski definition) is 3. The van der Waals surface area contributed by atoms with Crippen LogP contribution in [0.25, 0.3) is 0 Å². The summed E-state index contributed by atoms with van der Waals surface area (Å²) >= 11 is 0. The number of halogens is 1. The molecule has 1 heterocycles. The molecule has 1 amide bonds. The molecule has 0 bridgehead atoms. The number of rotatable bonds is 6. The largest absolute Gasteiger partial charge is 0.395 e. The third kappa shape index (κ3) is 4.24. The van der Waals surface area contributed by atoms with Gasteiger partial charge in [-0.25, -0.2) is 4.39 Å². The van der Waals surface area contributed by atoms with Crippen molar-refractivity contribution < 1.29 is 14.3 Å². The molecule has 2 N–H and O–H groups in total. The molecule has 2 aromatic carbocycles. The second kappa shape index (κ2) is 8.23. The summed E-state index contributed by atoms with van der Waals surface area (Å²) in [5.74, 6) is -0.932. The van der Waals surface area contributed by atoms with Gasteiger partial charge in [0.2, 0.25) is 0 Å². The third-order valence-corrected chi connectivity index (χ3v) is 4.76. The van der Waals surface area contributed by atoms with E-state index in [0.29, 0.717) is 6.54 Å². The van der Waals surface area contributed by atoms with Gasteiger partial charge in [-0.3, -0.25) is 9.69 Å². The lowest BCUT2D eigenvalue weighted by Gasteiger charge is -2.24. The summed E-state index contributed by atoms with van der Waals surface area (Å²) in [5.41, 5.74) is 2.19. The zero-order valence-electron chi connectivity index (χ0n) is 14.1. The van der Waals surface area contributed by atoms with Crippen LogP contribution in [0.3, 0.4) is 0 Å². The average Bonchev–Trinajstić information content (AvgIpc) is 3.08. The minimum atomic E-state index is -0.517. The average molecular weight is 342 g/mol. The monoisotopic (exact) mass is 342 g/mol. The van der Waals surface area contributed by atoms with Crippen molar-refractivity contribution in [3.05, 3.63) is 71.0 Å². The van der Waals surface area contributed by atoms with Gasteiger partial charge in [0, 0.05) is 19.1 Å². The number of aliphatic hydroxyl groups is 1. The fraction of sp³-hybridized carbons (Fsp3) is 0.350. The number of likely N-dealkylation sites (tertiary alicyclic amines) is 1. The van der Waals surface area contributed by atoms with Crippen molar-refractivity contribution in [1.29, 1.82) is 0 Å². The molecular weight excluding hydrogens is 319 g/mol. The topological polar surface area (TPSA) is 52.6 Å². The molecule has 2 aromatic rings. The maximum atomic E-state index is 13.7. The highest BCUT2D eigenvalue weighted by Crippen LogP contribution is 2.21. The highest BCUT2D eigenvalue weighted by Gasteiger charge is 2.24. The second-order valence-corrected chi connectivity index (χ2v) is 6.38. The van der Waals surface area contributed by atoms with Crippen molar-refractivity contribution >= 4 is 5.91 Å². The molecule has 4 nitrogen and oxygen atoms in total. The summed E-state index contributed by atoms with van der Waals surface area (Å²) in [7, 11) is 0. The van der Waals surface area contributed by atoms with Gasteiger partial charge < -0.3 is 10.4 Å². The van der Waals surface area contributed by atoms with Crippen LogP contribution in [0.1, 0.15) is 34.3 Å². The smallest absolute Gasteiger partial charge is 0.254 e. The van der Waals surface area contributed by atoms with E-state index in [1.165, 1.54) is 12.1 Å². The normalized spacial score (nSPS) is 17.6. The van der Waals surface area contributed by atoms with Gasteiger partial charge in [-0.15, -0.1) is 0 Å². The Labute approximate surface area is 147 Å². The van der Waals surface area contributed by atoms with Crippen LogP contribution >= 0.6 is 0 Å². The number of amides is 1. The van der Waals surface area contributed by atoms with Crippen LogP contribution in [-0.2, 0) is 13.1 Å². The lowest BCUT2D eigenvalue weighted by atomic mass is 10.1. The maximum Gasteiger partial charge on any atom is 0.254 e. The molecule has 1 aliphatic heterocycles. The zero-order valence-corrected chi connectivity index (χ0v) is 14.1. The van der Waals surface area contributed by atoms with Crippen LogP contribution in [0.4, 0.5) is 4.39 Å². The first-order valence-corrected chi connectivity index (χ1v) is 8.63. The maximum absolute atomic E-state index is 13.7. The Morgan fingerprint density at radius 2 is 1.88 bits per heavy atom. The standard InChI is InChI=1S/C20H23FN2O2/c21-19-10-4-3-9-18(19)20(25)22-12-15-6-1-2-7-16(15)13-23-11-5-8-17(23)14-24/h1-4,6-7,9-10,17,24H,5,8,11-14H2,(H,22,25). The highest BCUT2D eigenvalue weighted by atomic mass is 19.1. The second-order valence-electron chi connectivity index (χ2n) is 6.38. The van der Waals surface area contributed by atoms with Crippen LogP contribution in [-0.4, -0.2) is 35.1 Å². The summed E-state index contributed by atoms with van der Waals surface area (Å²) in [6, 6.07) is 14.1. The molecule has 1 saturated heterocycles. The first kappa shape index (κ1) is 17.6. The first-order chi connectivity index (χ1) is 12.2. The Hall–Kier alpha value is -2.24. The van der Waals surface area contributed by atoms with Crippen molar-refractivity contribution in [1.82, 2.24) is 10.2 Å². The van der Waals surface area contributed by atoms with Crippen molar-refractivity contribution in [3.63, 3.8) is 0 Å². The van der Waals surface area contributed by atoms with E-state index < -0.39 is 11.7 Å². The lowest BCUT2D eigenvalue weighted by Crippen LogP contribution is -2.32. The first-order valence-electron chi connectivity index (χ1n) is 8.63. The molecule has 0 spiro atoms. The van der Waals surface area contributed by atoms with Crippen LogP contribution in [0, 0.1) is 5.82 Å². The number of nitrogens with zero attached hydrogens (tertiary/aromatic N) is 1. The van der Waals surface area contributed by atoms with E-state index in [9.17, 15) is 14.3 Å². The number of nitrogens with one attached hydrogen (secondary N) is 1. The number of hydrogen-bond donors (Lipinski definition) is 2. The Bertz CT molecular complexity index is 735. The number of aliphatic hydroxyl groups excluding tert-OH is 1. The van der Waals surface area contributed by atoms with Gasteiger partial charge in [0.25, 0.3) is 5.91 Å². The van der Waals surface area contributed by atoms with Crippen molar-refractivity contribution in [3.8, 4) is 0 Å². The molecule has 1 unspecified atom stereocenters. The number of carbonyl (C=O) groups is 1. The molecule has 1 atom stereocenters. The molecule has 0 radical (unpaired) electrons. The van der Waals surface area contributed by atoms with Crippen LogP contribution < -0.4 is 5.32 Å². The van der Waals surface area contributed by atoms with Gasteiger partial charge in [-0.05, 0) is 42.6 Å². The number of benzene rings is 2. The summed E-state index contributed by atoms with van der Waals surface area (Å²) in [5, 5.41) is 12.3. The summed E-state index contributed by atoms with van der Waals surface area (Å²) in [6.45, 7) is 2.24. The van der Waals surface area contributed by atoms with Crippen molar-refractivity contribution in [2.24, 2.45) is 0 Å². The molecule has 132 valence electrons. The Balaban J connectivity index is 1.67. The van der Waals surface area contributed by atoms with Crippen LogP contribution in [0.5, 0.6) is 0 Å². The number of carbonyl (C=O) groups excluding carboxylic acids is 1. The van der Waals surface area contributed by atoms with E-state index >= 15 is 0 Å². The van der Waals surface area contributed by atoms with Crippen LogP contribution in [0.15, 0.2) is 48.5 Å². The Morgan fingerprint density at radius 1 is 1.16 bits per heavy atom. The van der Waals surface area contributed by atoms with E-state index in [1.54, 1.807) is 12.1 Å². The predicted octanol–water partition coefficient (Wildman–Crippen LogP) is 2.71. The van der Waals surface area contributed by atoms with Gasteiger partial charge in [-0.1, -0.05) is 36.4 Å². The fourth-order valence-corrected chi connectivity index (χ4v) is 3.33. The summed E-state index contributed by atoms with van der Waals surface area (Å²) in [4.78, 5) is 14.5. The van der Waals surface area contributed by atoms with E-state index in [2.05, 4.69) is 10.2 Å². The quantitative estimate of drug-likeness (QED) is 0.849. The zero-order chi connectivity index (χ0) is 17.6. The van der Waals surface area contributed by atoms with Crippen LogP contribution in [0.2, 0.25) is 0 Å². The minimum Gasteiger partial charge on any atom is -0.395 e. The van der Waals surface area contributed by atoms with Crippen molar-refractivity contribution in [2.75, 3.05) is 13.2 Å². The van der Waals surface area contributed by atoms with E-state index in [4.69, 9.17) is 0 Å². The van der Waals surface area contributed by atoms with Crippen molar-refractivity contribution in [2.45, 2.75) is 32.0 Å². The third-order valence-electron chi connectivity index (χ3n) is 4.76. The van der Waals surface area contributed by atoms with E-state index in [-0.39, 0.29) is 18.2 Å². The summed E-state index contributed by atoms with van der Waals surface area (Å²) < 4.78 is 13.7. The van der Waals surface area contributed by atoms with Gasteiger partial charge >= 0.3 is 0 Å². The molecule has 25 heavy (non-hydrogen) atoms. The minimum absolute atomic E-state index is 0.0554. The molecule has 1 fully saturated rings. The molecule has 0 aliphatic carbocycles. The molecule has 3 rings (SSSR count). The predicted molar refractivity (Wildman–Crippen MR) is 94.5 cm³/mol. The van der Waals surface area contributed by atoms with Gasteiger partial charge in [-0.2, -0.15) is 0 Å². The SMILES string of the molecule is O=C(NCc1ccccc1CN1CCCC1CO)c1ccccc1F.